The molecule has 1 heterocycles. The molecule has 3 N–H and O–H groups in total. The number of benzene rings is 1. The second-order valence-electron chi connectivity index (χ2n) is 4.16. The molecule has 0 amide bonds. The van der Waals surface area contributed by atoms with Crippen LogP contribution in [0.3, 0.4) is 0 Å². The molecule has 0 saturated heterocycles. The first-order chi connectivity index (χ1) is 8.75. The number of rotatable bonds is 6. The SMILES string of the molecule is N=C(N)CCN(Cc1ccsc1)c1ccccc1. The zero-order valence-corrected chi connectivity index (χ0v) is 11.0. The van der Waals surface area contributed by atoms with Crippen LogP contribution in [0, 0.1) is 5.41 Å². The van der Waals surface area contributed by atoms with E-state index < -0.39 is 0 Å². The molecule has 0 saturated carbocycles. The van der Waals surface area contributed by atoms with Crippen molar-refractivity contribution in [2.24, 2.45) is 5.73 Å². The minimum atomic E-state index is 0.237. The van der Waals surface area contributed by atoms with E-state index in [4.69, 9.17) is 11.1 Å². The van der Waals surface area contributed by atoms with Crippen LogP contribution in [0.4, 0.5) is 5.69 Å². The Morgan fingerprint density at radius 2 is 2.00 bits per heavy atom. The highest BCUT2D eigenvalue weighted by atomic mass is 32.1. The van der Waals surface area contributed by atoms with Gasteiger partial charge in [-0.25, -0.2) is 0 Å². The fourth-order valence-corrected chi connectivity index (χ4v) is 2.46. The van der Waals surface area contributed by atoms with Crippen LogP contribution in [0.25, 0.3) is 0 Å². The van der Waals surface area contributed by atoms with Gasteiger partial charge in [0, 0.05) is 25.2 Å². The summed E-state index contributed by atoms with van der Waals surface area (Å²) in [4.78, 5) is 2.25. The monoisotopic (exact) mass is 259 g/mol. The second-order valence-corrected chi connectivity index (χ2v) is 4.94. The molecule has 94 valence electrons. The van der Waals surface area contributed by atoms with Gasteiger partial charge in [-0.15, -0.1) is 0 Å². The normalized spacial score (nSPS) is 10.2. The van der Waals surface area contributed by atoms with Gasteiger partial charge in [-0.3, -0.25) is 5.41 Å². The summed E-state index contributed by atoms with van der Waals surface area (Å²) < 4.78 is 0. The molecule has 3 nitrogen and oxygen atoms in total. The quantitative estimate of drug-likeness (QED) is 0.618. The summed E-state index contributed by atoms with van der Waals surface area (Å²) in [5.41, 5.74) is 7.92. The molecular formula is C14H17N3S. The highest BCUT2D eigenvalue weighted by Gasteiger charge is 2.07. The molecule has 0 radical (unpaired) electrons. The number of amidine groups is 1. The molecule has 0 fully saturated rings. The van der Waals surface area contributed by atoms with Crippen LogP contribution < -0.4 is 10.6 Å². The van der Waals surface area contributed by atoms with Crippen LogP contribution >= 0.6 is 11.3 Å². The van der Waals surface area contributed by atoms with E-state index in [1.54, 1.807) is 11.3 Å². The van der Waals surface area contributed by atoms with Gasteiger partial charge in [0.2, 0.25) is 0 Å². The van der Waals surface area contributed by atoms with E-state index in [1.165, 1.54) is 11.3 Å². The van der Waals surface area contributed by atoms with Crippen LogP contribution in [-0.4, -0.2) is 12.4 Å². The van der Waals surface area contributed by atoms with Crippen LogP contribution in [-0.2, 0) is 6.54 Å². The van der Waals surface area contributed by atoms with E-state index in [2.05, 4.69) is 33.9 Å². The van der Waals surface area contributed by atoms with Gasteiger partial charge in [0.1, 0.15) is 0 Å². The predicted octanol–water partition coefficient (Wildman–Crippen LogP) is 3.08. The topological polar surface area (TPSA) is 53.1 Å². The molecule has 4 heteroatoms. The second kappa shape index (κ2) is 6.21. The summed E-state index contributed by atoms with van der Waals surface area (Å²) in [5.74, 6) is 0.237. The maximum absolute atomic E-state index is 7.35. The molecule has 0 unspecified atom stereocenters. The largest absolute Gasteiger partial charge is 0.388 e. The van der Waals surface area contributed by atoms with Gasteiger partial charge in [-0.1, -0.05) is 18.2 Å². The van der Waals surface area contributed by atoms with Crippen molar-refractivity contribution >= 4 is 22.9 Å². The van der Waals surface area contributed by atoms with E-state index in [9.17, 15) is 0 Å². The lowest BCUT2D eigenvalue weighted by Crippen LogP contribution is -2.27. The van der Waals surface area contributed by atoms with E-state index >= 15 is 0 Å². The Balaban J connectivity index is 2.10. The number of thiophene rings is 1. The third kappa shape index (κ3) is 3.60. The zero-order chi connectivity index (χ0) is 12.8. The van der Waals surface area contributed by atoms with Crippen LogP contribution in [0.2, 0.25) is 0 Å². The maximum atomic E-state index is 7.35. The Hall–Kier alpha value is -1.81. The highest BCUT2D eigenvalue weighted by Crippen LogP contribution is 2.18. The van der Waals surface area contributed by atoms with Crippen molar-refractivity contribution in [2.45, 2.75) is 13.0 Å². The molecule has 0 bridgehead atoms. The highest BCUT2D eigenvalue weighted by molar-refractivity contribution is 7.07. The van der Waals surface area contributed by atoms with Crippen molar-refractivity contribution in [1.29, 1.82) is 5.41 Å². The average molecular weight is 259 g/mol. The van der Waals surface area contributed by atoms with E-state index in [0.717, 1.165) is 13.1 Å². The molecule has 2 rings (SSSR count). The fourth-order valence-electron chi connectivity index (χ4n) is 1.80. The lowest BCUT2D eigenvalue weighted by Gasteiger charge is -2.24. The van der Waals surface area contributed by atoms with E-state index in [0.29, 0.717) is 6.42 Å². The summed E-state index contributed by atoms with van der Waals surface area (Å²) in [6, 6.07) is 12.4. The van der Waals surface area contributed by atoms with Gasteiger partial charge in [0.25, 0.3) is 0 Å². The first-order valence-electron chi connectivity index (χ1n) is 5.89. The third-order valence-corrected chi connectivity index (χ3v) is 3.46. The molecular weight excluding hydrogens is 242 g/mol. The Morgan fingerprint density at radius 1 is 1.22 bits per heavy atom. The summed E-state index contributed by atoms with van der Waals surface area (Å²) in [6.07, 6.45) is 0.596. The molecule has 1 aromatic heterocycles. The molecule has 0 atom stereocenters. The number of anilines is 1. The first kappa shape index (κ1) is 12.6. The Labute approximate surface area is 111 Å². The molecule has 1 aromatic carbocycles. The van der Waals surface area contributed by atoms with E-state index in [1.807, 2.05) is 18.2 Å². The Bertz CT molecular complexity index is 479. The molecule has 2 aromatic rings. The lowest BCUT2D eigenvalue weighted by atomic mass is 10.2. The van der Waals surface area contributed by atoms with Crippen LogP contribution in [0.1, 0.15) is 12.0 Å². The number of para-hydroxylation sites is 1. The van der Waals surface area contributed by atoms with Crippen LogP contribution in [0.5, 0.6) is 0 Å². The minimum Gasteiger partial charge on any atom is -0.388 e. The van der Waals surface area contributed by atoms with Crippen molar-refractivity contribution in [3.05, 3.63) is 52.7 Å². The maximum Gasteiger partial charge on any atom is 0.0923 e. The lowest BCUT2D eigenvalue weighted by molar-refractivity contribution is 0.804. The smallest absolute Gasteiger partial charge is 0.0923 e. The van der Waals surface area contributed by atoms with Gasteiger partial charge in [0.15, 0.2) is 0 Å². The van der Waals surface area contributed by atoms with Crippen molar-refractivity contribution in [2.75, 3.05) is 11.4 Å². The Kier molecular flexibility index (Phi) is 4.36. The van der Waals surface area contributed by atoms with Gasteiger partial charge in [-0.2, -0.15) is 11.3 Å². The fraction of sp³-hybridized carbons (Fsp3) is 0.214. The van der Waals surface area contributed by atoms with Crippen molar-refractivity contribution < 1.29 is 0 Å². The first-order valence-corrected chi connectivity index (χ1v) is 6.84. The van der Waals surface area contributed by atoms with E-state index in [-0.39, 0.29) is 5.84 Å². The summed E-state index contributed by atoms with van der Waals surface area (Å²) in [7, 11) is 0. The van der Waals surface area contributed by atoms with Gasteiger partial charge in [-0.05, 0) is 34.5 Å². The zero-order valence-electron chi connectivity index (χ0n) is 10.2. The standard InChI is InChI=1S/C14H17N3S/c15-14(16)6-8-17(10-12-7-9-18-11-12)13-4-2-1-3-5-13/h1-5,7,9,11H,6,8,10H2,(H3,15,16). The van der Waals surface area contributed by atoms with Gasteiger partial charge >= 0.3 is 0 Å². The predicted molar refractivity (Wildman–Crippen MR) is 78.3 cm³/mol. The molecule has 0 aliphatic carbocycles. The average Bonchev–Trinajstić information content (AvgIpc) is 2.88. The molecule has 18 heavy (non-hydrogen) atoms. The number of nitrogens with zero attached hydrogens (tertiary/aromatic N) is 1. The number of hydrogen-bond donors (Lipinski definition) is 2. The van der Waals surface area contributed by atoms with Gasteiger partial charge in [0.05, 0.1) is 5.84 Å². The number of hydrogen-bond acceptors (Lipinski definition) is 3. The van der Waals surface area contributed by atoms with Gasteiger partial charge < -0.3 is 10.6 Å². The summed E-state index contributed by atoms with van der Waals surface area (Å²) >= 11 is 1.71. The van der Waals surface area contributed by atoms with Crippen molar-refractivity contribution in [3.8, 4) is 0 Å². The van der Waals surface area contributed by atoms with Crippen molar-refractivity contribution in [1.82, 2.24) is 0 Å². The van der Waals surface area contributed by atoms with Crippen LogP contribution in [0.15, 0.2) is 47.2 Å². The van der Waals surface area contributed by atoms with Crippen molar-refractivity contribution in [3.63, 3.8) is 0 Å². The minimum absolute atomic E-state index is 0.237. The Morgan fingerprint density at radius 3 is 2.61 bits per heavy atom. The molecule has 0 aliphatic rings. The number of nitrogens with two attached hydrogens (primary N) is 1. The summed E-state index contributed by atoms with van der Waals surface area (Å²) in [5, 5.41) is 11.6. The molecule has 0 spiro atoms. The molecule has 0 aliphatic heterocycles. The number of nitrogens with one attached hydrogen (secondary N) is 1. The summed E-state index contributed by atoms with van der Waals surface area (Å²) in [6.45, 7) is 1.63. The third-order valence-electron chi connectivity index (χ3n) is 2.73.